The first-order valence-corrected chi connectivity index (χ1v) is 11.4. The Labute approximate surface area is 178 Å². The Hall–Kier alpha value is -1.84. The number of aliphatic imine (C=N–C) groups is 1. The predicted octanol–water partition coefficient (Wildman–Crippen LogP) is 5.58. The summed E-state index contributed by atoms with van der Waals surface area (Å²) in [5.41, 5.74) is 5.15. The molecule has 1 saturated carbocycles. The van der Waals surface area contributed by atoms with E-state index in [2.05, 4.69) is 70.4 Å². The molecular weight excluding hydrogens is 358 g/mol. The van der Waals surface area contributed by atoms with Crippen LogP contribution in [0.15, 0.2) is 40.2 Å². The SMILES string of the molecule is C\C=C(C(/C(C)=N/C=C/CC)=C(/C)N1CCN(C(=O)CC(C)C)C(C)C1)\C1CC1. The molecule has 1 aliphatic carbocycles. The van der Waals surface area contributed by atoms with Gasteiger partial charge in [0.1, 0.15) is 0 Å². The van der Waals surface area contributed by atoms with Crippen molar-refractivity contribution in [3.8, 4) is 0 Å². The summed E-state index contributed by atoms with van der Waals surface area (Å²) in [5.74, 6) is 1.38. The van der Waals surface area contributed by atoms with E-state index < -0.39 is 0 Å². The molecule has 4 heteroatoms. The van der Waals surface area contributed by atoms with Crippen LogP contribution in [0.25, 0.3) is 0 Å². The van der Waals surface area contributed by atoms with E-state index in [-0.39, 0.29) is 6.04 Å². The third-order valence-electron chi connectivity index (χ3n) is 5.95. The number of carbonyl (C=O) groups excluding carboxylic acids is 1. The van der Waals surface area contributed by atoms with Crippen LogP contribution in [0, 0.1) is 11.8 Å². The van der Waals surface area contributed by atoms with E-state index in [0.717, 1.165) is 31.8 Å². The van der Waals surface area contributed by atoms with Crippen LogP contribution in [0.4, 0.5) is 0 Å². The molecule has 0 aromatic heterocycles. The number of rotatable bonds is 8. The summed E-state index contributed by atoms with van der Waals surface area (Å²) in [4.78, 5) is 21.9. The number of hydrogen-bond acceptors (Lipinski definition) is 3. The lowest BCUT2D eigenvalue weighted by Crippen LogP contribution is -2.53. The van der Waals surface area contributed by atoms with Gasteiger partial charge < -0.3 is 9.80 Å². The van der Waals surface area contributed by atoms with Crippen LogP contribution in [-0.2, 0) is 4.79 Å². The van der Waals surface area contributed by atoms with Crippen LogP contribution in [-0.4, -0.2) is 47.1 Å². The van der Waals surface area contributed by atoms with Crippen LogP contribution in [0.1, 0.15) is 74.1 Å². The number of carbonyl (C=O) groups is 1. The van der Waals surface area contributed by atoms with Gasteiger partial charge >= 0.3 is 0 Å². The highest BCUT2D eigenvalue weighted by molar-refractivity contribution is 6.03. The molecular formula is C25H41N3O. The number of hydrogen-bond donors (Lipinski definition) is 0. The zero-order valence-electron chi connectivity index (χ0n) is 19.7. The van der Waals surface area contributed by atoms with E-state index >= 15 is 0 Å². The highest BCUT2D eigenvalue weighted by Gasteiger charge is 2.32. The molecule has 0 N–H and O–H groups in total. The molecule has 0 bridgehead atoms. The number of piperazine rings is 1. The van der Waals surface area contributed by atoms with Gasteiger partial charge in [-0.1, -0.05) is 32.9 Å². The molecule has 0 radical (unpaired) electrons. The second-order valence-electron chi connectivity index (χ2n) is 8.97. The lowest BCUT2D eigenvalue weighted by atomic mass is 9.94. The Balaban J connectivity index is 2.27. The van der Waals surface area contributed by atoms with Gasteiger partial charge in [0.25, 0.3) is 0 Å². The third kappa shape index (κ3) is 6.32. The summed E-state index contributed by atoms with van der Waals surface area (Å²) in [6.07, 6.45) is 10.5. The van der Waals surface area contributed by atoms with Crippen molar-refractivity contribution in [2.75, 3.05) is 19.6 Å². The summed E-state index contributed by atoms with van der Waals surface area (Å²) in [6.45, 7) is 17.7. The van der Waals surface area contributed by atoms with Gasteiger partial charge in [-0.3, -0.25) is 9.79 Å². The zero-order chi connectivity index (χ0) is 21.6. The van der Waals surface area contributed by atoms with Crippen LogP contribution in [0.5, 0.6) is 0 Å². The van der Waals surface area contributed by atoms with E-state index in [1.54, 1.807) is 0 Å². The van der Waals surface area contributed by atoms with Gasteiger partial charge in [0, 0.05) is 55.3 Å². The van der Waals surface area contributed by atoms with E-state index in [4.69, 9.17) is 4.99 Å². The summed E-state index contributed by atoms with van der Waals surface area (Å²) >= 11 is 0. The molecule has 162 valence electrons. The third-order valence-corrected chi connectivity index (χ3v) is 5.95. The maximum Gasteiger partial charge on any atom is 0.223 e. The molecule has 0 aromatic rings. The fourth-order valence-corrected chi connectivity index (χ4v) is 4.25. The quantitative estimate of drug-likeness (QED) is 0.394. The Morgan fingerprint density at radius 3 is 2.41 bits per heavy atom. The van der Waals surface area contributed by atoms with Gasteiger partial charge in [0.15, 0.2) is 0 Å². The first-order chi connectivity index (χ1) is 13.8. The van der Waals surface area contributed by atoms with Crippen LogP contribution in [0.3, 0.4) is 0 Å². The average molecular weight is 400 g/mol. The minimum atomic E-state index is 0.235. The Morgan fingerprint density at radius 1 is 1.21 bits per heavy atom. The second-order valence-corrected chi connectivity index (χ2v) is 8.97. The van der Waals surface area contributed by atoms with Crippen LogP contribution < -0.4 is 0 Å². The van der Waals surface area contributed by atoms with Gasteiger partial charge in [-0.2, -0.15) is 0 Å². The molecule has 0 spiro atoms. The van der Waals surface area contributed by atoms with Crippen LogP contribution in [0.2, 0.25) is 0 Å². The second kappa shape index (κ2) is 10.8. The summed E-state index contributed by atoms with van der Waals surface area (Å²) in [6, 6.07) is 0.235. The first kappa shape index (κ1) is 23.4. The first-order valence-electron chi connectivity index (χ1n) is 11.4. The Bertz CT molecular complexity index is 695. The molecule has 1 aliphatic heterocycles. The molecule has 2 fully saturated rings. The summed E-state index contributed by atoms with van der Waals surface area (Å²) in [5, 5.41) is 0. The lowest BCUT2D eigenvalue weighted by molar-refractivity contribution is -0.136. The molecule has 0 aromatic carbocycles. The fourth-order valence-electron chi connectivity index (χ4n) is 4.25. The van der Waals surface area contributed by atoms with E-state index in [1.165, 1.54) is 29.7 Å². The van der Waals surface area contributed by atoms with Crippen molar-refractivity contribution in [3.05, 3.63) is 35.2 Å². The maximum absolute atomic E-state index is 12.6. The lowest BCUT2D eigenvalue weighted by Gasteiger charge is -2.42. The van der Waals surface area contributed by atoms with E-state index in [1.807, 2.05) is 6.20 Å². The summed E-state index contributed by atoms with van der Waals surface area (Å²) in [7, 11) is 0. The van der Waals surface area contributed by atoms with Crippen molar-refractivity contribution >= 4 is 11.6 Å². The zero-order valence-corrected chi connectivity index (χ0v) is 19.7. The molecule has 1 atom stereocenters. The largest absolute Gasteiger partial charge is 0.371 e. The molecule has 4 nitrogen and oxygen atoms in total. The number of amides is 1. The monoisotopic (exact) mass is 399 g/mol. The Kier molecular flexibility index (Phi) is 8.73. The molecule has 29 heavy (non-hydrogen) atoms. The molecule has 1 amide bonds. The van der Waals surface area contributed by atoms with Crippen molar-refractivity contribution < 1.29 is 4.79 Å². The maximum atomic E-state index is 12.6. The molecule has 1 heterocycles. The highest BCUT2D eigenvalue weighted by atomic mass is 16.2. The average Bonchev–Trinajstić information content (AvgIpc) is 3.49. The van der Waals surface area contributed by atoms with Crippen molar-refractivity contribution in [2.45, 2.75) is 80.2 Å². The van der Waals surface area contributed by atoms with E-state index in [9.17, 15) is 4.79 Å². The minimum absolute atomic E-state index is 0.235. The van der Waals surface area contributed by atoms with Crippen LogP contribution >= 0.6 is 0 Å². The predicted molar refractivity (Wildman–Crippen MR) is 124 cm³/mol. The molecule has 2 aliphatic rings. The summed E-state index contributed by atoms with van der Waals surface area (Å²) < 4.78 is 0. The molecule has 1 saturated heterocycles. The van der Waals surface area contributed by atoms with Gasteiger partial charge in [-0.05, 0) is 64.4 Å². The Morgan fingerprint density at radius 2 is 1.90 bits per heavy atom. The van der Waals surface area contributed by atoms with Gasteiger partial charge in [-0.25, -0.2) is 0 Å². The van der Waals surface area contributed by atoms with E-state index in [0.29, 0.717) is 24.2 Å². The normalized spacial score (nSPS) is 22.6. The smallest absolute Gasteiger partial charge is 0.223 e. The van der Waals surface area contributed by atoms with Crippen molar-refractivity contribution in [1.82, 2.24) is 9.80 Å². The molecule has 2 rings (SSSR count). The topological polar surface area (TPSA) is 35.9 Å². The standard InChI is InChI=1S/C25H41N3O/c1-8-10-13-26-20(6)25(23(9-2)22-11-12-22)21(7)27-14-15-28(19(5)17-27)24(29)16-18(3)4/h9-10,13,18-19,22H,8,11-12,14-17H2,1-7H3/b13-10+,23-9-,25-21-,26-20+. The van der Waals surface area contributed by atoms with Crippen molar-refractivity contribution in [1.29, 1.82) is 0 Å². The highest BCUT2D eigenvalue weighted by Crippen LogP contribution is 2.41. The van der Waals surface area contributed by atoms with Crippen molar-refractivity contribution in [3.63, 3.8) is 0 Å². The minimum Gasteiger partial charge on any atom is -0.371 e. The van der Waals surface area contributed by atoms with Gasteiger partial charge in [0.05, 0.1) is 0 Å². The fraction of sp³-hybridized carbons (Fsp3) is 0.680. The van der Waals surface area contributed by atoms with Gasteiger partial charge in [-0.15, -0.1) is 0 Å². The molecule has 1 unspecified atom stereocenters. The van der Waals surface area contributed by atoms with Gasteiger partial charge in [0.2, 0.25) is 5.91 Å². The van der Waals surface area contributed by atoms with Crippen molar-refractivity contribution in [2.24, 2.45) is 16.8 Å². The number of nitrogens with zero attached hydrogens (tertiary/aromatic N) is 3. The number of allylic oxidation sites excluding steroid dienone is 5.